The first-order chi connectivity index (χ1) is 14.1. The smallest absolute Gasteiger partial charge is 0.341 e. The molecule has 0 unspecified atom stereocenters. The van der Waals surface area contributed by atoms with Gasteiger partial charge in [-0.15, -0.1) is 0 Å². The molecule has 8 heteroatoms. The van der Waals surface area contributed by atoms with Crippen molar-refractivity contribution in [2.45, 2.75) is 38.5 Å². The summed E-state index contributed by atoms with van der Waals surface area (Å²) in [6.45, 7) is 7.31. The van der Waals surface area contributed by atoms with Crippen LogP contribution in [0.2, 0.25) is 0 Å². The van der Waals surface area contributed by atoms with Gasteiger partial charge in [0.2, 0.25) is 10.0 Å². The van der Waals surface area contributed by atoms with Crippen molar-refractivity contribution in [1.29, 1.82) is 0 Å². The van der Waals surface area contributed by atoms with Gasteiger partial charge >= 0.3 is 5.97 Å². The van der Waals surface area contributed by atoms with Crippen LogP contribution in [-0.4, -0.2) is 44.2 Å². The number of nitrogens with zero attached hydrogens (tertiary/aromatic N) is 1. The predicted octanol–water partition coefficient (Wildman–Crippen LogP) is 4.02. The standard InChI is InChI=1S/C22H26FNO5S/c1-5-24(6-2)30(27,28)18-11-12-20(23)19(13-18)22(26)29-14-21(25)17-9-7-16(8-10-17)15(3)4/h7-13,15H,5-6,14H2,1-4H3. The first-order valence-electron chi connectivity index (χ1n) is 9.71. The molecule has 0 atom stereocenters. The molecule has 0 radical (unpaired) electrons. The van der Waals surface area contributed by atoms with Crippen molar-refractivity contribution in [3.05, 3.63) is 65.0 Å². The molecular formula is C22H26FNO5S. The predicted molar refractivity (Wildman–Crippen MR) is 112 cm³/mol. The van der Waals surface area contributed by atoms with Crippen molar-refractivity contribution >= 4 is 21.8 Å². The third-order valence-corrected chi connectivity index (χ3v) is 6.78. The molecule has 0 aromatic heterocycles. The molecule has 0 saturated heterocycles. The van der Waals surface area contributed by atoms with Crippen LogP contribution in [0.15, 0.2) is 47.4 Å². The Morgan fingerprint density at radius 2 is 1.63 bits per heavy atom. The van der Waals surface area contributed by atoms with Crippen LogP contribution >= 0.6 is 0 Å². The van der Waals surface area contributed by atoms with Gasteiger partial charge in [0.15, 0.2) is 12.4 Å². The number of ether oxygens (including phenoxy) is 1. The Balaban J connectivity index is 2.16. The van der Waals surface area contributed by atoms with Crippen molar-refractivity contribution in [2.75, 3.05) is 19.7 Å². The summed E-state index contributed by atoms with van der Waals surface area (Å²) in [4.78, 5) is 24.4. The van der Waals surface area contributed by atoms with Crippen LogP contribution in [0, 0.1) is 5.82 Å². The number of esters is 1. The molecule has 6 nitrogen and oxygen atoms in total. The maximum Gasteiger partial charge on any atom is 0.341 e. The number of hydrogen-bond acceptors (Lipinski definition) is 5. The molecule has 2 aromatic carbocycles. The van der Waals surface area contributed by atoms with Gasteiger partial charge in [-0.2, -0.15) is 4.31 Å². The molecule has 0 aliphatic rings. The van der Waals surface area contributed by atoms with Crippen LogP contribution in [-0.2, 0) is 14.8 Å². The number of halogens is 1. The fourth-order valence-corrected chi connectivity index (χ4v) is 4.36. The fraction of sp³-hybridized carbons (Fsp3) is 0.364. The first-order valence-corrected chi connectivity index (χ1v) is 11.2. The van der Waals surface area contributed by atoms with E-state index in [1.165, 1.54) is 4.31 Å². The van der Waals surface area contributed by atoms with E-state index in [0.717, 1.165) is 23.8 Å². The van der Waals surface area contributed by atoms with Crippen LogP contribution in [0.25, 0.3) is 0 Å². The second-order valence-electron chi connectivity index (χ2n) is 7.01. The fourth-order valence-electron chi connectivity index (χ4n) is 2.88. The summed E-state index contributed by atoms with van der Waals surface area (Å²) in [5.41, 5.74) is 0.897. The molecule has 0 N–H and O–H groups in total. The highest BCUT2D eigenvalue weighted by molar-refractivity contribution is 7.89. The van der Waals surface area contributed by atoms with E-state index >= 15 is 0 Å². The van der Waals surface area contributed by atoms with Crippen LogP contribution in [0.4, 0.5) is 4.39 Å². The van der Waals surface area contributed by atoms with Gasteiger partial charge in [0.1, 0.15) is 5.82 Å². The minimum absolute atomic E-state index is 0.213. The van der Waals surface area contributed by atoms with Gasteiger partial charge in [0, 0.05) is 18.7 Å². The van der Waals surface area contributed by atoms with E-state index in [1.807, 2.05) is 26.0 Å². The number of benzene rings is 2. The Kier molecular flexibility index (Phi) is 7.86. The second kappa shape index (κ2) is 9.95. The van der Waals surface area contributed by atoms with E-state index in [-0.39, 0.29) is 18.0 Å². The van der Waals surface area contributed by atoms with E-state index in [1.54, 1.807) is 26.0 Å². The quantitative estimate of drug-likeness (QED) is 0.439. The van der Waals surface area contributed by atoms with E-state index in [2.05, 4.69) is 0 Å². The molecule has 0 spiro atoms. The van der Waals surface area contributed by atoms with Gasteiger partial charge in [-0.05, 0) is 29.7 Å². The summed E-state index contributed by atoms with van der Waals surface area (Å²) in [7, 11) is -3.87. The Morgan fingerprint density at radius 1 is 1.03 bits per heavy atom. The summed E-state index contributed by atoms with van der Waals surface area (Å²) in [5, 5.41) is 0. The molecule has 162 valence electrons. The van der Waals surface area contributed by atoms with E-state index in [4.69, 9.17) is 4.74 Å². The highest BCUT2D eigenvalue weighted by Gasteiger charge is 2.25. The molecular weight excluding hydrogens is 409 g/mol. The van der Waals surface area contributed by atoms with Gasteiger partial charge in [-0.1, -0.05) is 52.0 Å². The molecule has 0 bridgehead atoms. The summed E-state index contributed by atoms with van der Waals surface area (Å²) >= 11 is 0. The minimum Gasteiger partial charge on any atom is -0.454 e. The highest BCUT2D eigenvalue weighted by Crippen LogP contribution is 2.20. The van der Waals surface area contributed by atoms with E-state index < -0.39 is 39.8 Å². The molecule has 2 aromatic rings. The monoisotopic (exact) mass is 435 g/mol. The maximum atomic E-state index is 14.1. The molecule has 30 heavy (non-hydrogen) atoms. The topological polar surface area (TPSA) is 80.8 Å². The molecule has 0 heterocycles. The SMILES string of the molecule is CCN(CC)S(=O)(=O)c1ccc(F)c(C(=O)OCC(=O)c2ccc(C(C)C)cc2)c1. The van der Waals surface area contributed by atoms with Crippen LogP contribution in [0.3, 0.4) is 0 Å². The average Bonchev–Trinajstić information content (AvgIpc) is 2.72. The summed E-state index contributed by atoms with van der Waals surface area (Å²) in [6.07, 6.45) is 0. The van der Waals surface area contributed by atoms with Gasteiger partial charge in [-0.25, -0.2) is 17.6 Å². The van der Waals surface area contributed by atoms with Crippen LogP contribution in [0.5, 0.6) is 0 Å². The van der Waals surface area contributed by atoms with Gasteiger partial charge in [0.25, 0.3) is 0 Å². The molecule has 0 aliphatic heterocycles. The lowest BCUT2D eigenvalue weighted by atomic mass is 10.0. The van der Waals surface area contributed by atoms with Gasteiger partial charge in [0.05, 0.1) is 10.5 Å². The van der Waals surface area contributed by atoms with Crippen molar-refractivity contribution in [3.63, 3.8) is 0 Å². The zero-order chi connectivity index (χ0) is 22.5. The minimum atomic E-state index is -3.87. The van der Waals surface area contributed by atoms with Crippen molar-refractivity contribution in [3.8, 4) is 0 Å². The normalized spacial score (nSPS) is 11.7. The van der Waals surface area contributed by atoms with Crippen molar-refractivity contribution in [1.82, 2.24) is 4.31 Å². The first kappa shape index (κ1) is 23.7. The number of sulfonamides is 1. The largest absolute Gasteiger partial charge is 0.454 e. The highest BCUT2D eigenvalue weighted by atomic mass is 32.2. The number of carbonyl (C=O) groups is 2. The third-order valence-electron chi connectivity index (χ3n) is 4.73. The van der Waals surface area contributed by atoms with Crippen molar-refractivity contribution in [2.24, 2.45) is 0 Å². The summed E-state index contributed by atoms with van der Waals surface area (Å²) in [5.74, 6) is -2.15. The molecule has 2 rings (SSSR count). The zero-order valence-electron chi connectivity index (χ0n) is 17.5. The van der Waals surface area contributed by atoms with Gasteiger partial charge < -0.3 is 4.74 Å². The lowest BCUT2D eigenvalue weighted by Crippen LogP contribution is -2.30. The lowest BCUT2D eigenvalue weighted by molar-refractivity contribution is 0.0470. The molecule has 0 amide bonds. The van der Waals surface area contributed by atoms with Crippen LogP contribution in [0.1, 0.15) is 59.9 Å². The Labute approximate surface area is 176 Å². The van der Waals surface area contributed by atoms with Crippen molar-refractivity contribution < 1.29 is 27.1 Å². The zero-order valence-corrected chi connectivity index (χ0v) is 18.3. The average molecular weight is 436 g/mol. The number of hydrogen-bond donors (Lipinski definition) is 0. The lowest BCUT2D eigenvalue weighted by Gasteiger charge is -2.18. The van der Waals surface area contributed by atoms with E-state index in [0.29, 0.717) is 11.5 Å². The van der Waals surface area contributed by atoms with Gasteiger partial charge in [-0.3, -0.25) is 4.79 Å². The Hall–Kier alpha value is -2.58. The number of rotatable bonds is 9. The third kappa shape index (κ3) is 5.31. The number of carbonyl (C=O) groups excluding carboxylic acids is 2. The Bertz CT molecular complexity index is 1010. The van der Waals surface area contributed by atoms with Crippen LogP contribution < -0.4 is 0 Å². The summed E-state index contributed by atoms with van der Waals surface area (Å²) in [6, 6.07) is 9.86. The molecule has 0 saturated carbocycles. The number of ketones is 1. The second-order valence-corrected chi connectivity index (χ2v) is 8.94. The molecule has 0 aliphatic carbocycles. The molecule has 0 fully saturated rings. The summed E-state index contributed by atoms with van der Waals surface area (Å²) < 4.78 is 45.5. The number of Topliss-reactive ketones (excluding diaryl/α,β-unsaturated/α-hetero) is 1. The maximum absolute atomic E-state index is 14.1. The van der Waals surface area contributed by atoms with E-state index in [9.17, 15) is 22.4 Å². The Morgan fingerprint density at radius 3 is 2.17 bits per heavy atom.